The molecule has 106 valence electrons. The highest BCUT2D eigenvalue weighted by atomic mass is 19.1. The minimum atomic E-state index is -0.546. The van der Waals surface area contributed by atoms with Gasteiger partial charge in [-0.2, -0.15) is 0 Å². The summed E-state index contributed by atoms with van der Waals surface area (Å²) < 4.78 is 31.8. The first-order valence-corrected chi connectivity index (χ1v) is 6.67. The summed E-state index contributed by atoms with van der Waals surface area (Å²) in [4.78, 5) is 2.33. The number of likely N-dealkylation sites (N-methyl/N-ethyl adjacent to an activating group) is 1. The molecule has 0 aromatic heterocycles. The van der Waals surface area contributed by atoms with E-state index in [0.29, 0.717) is 18.7 Å². The van der Waals surface area contributed by atoms with Gasteiger partial charge in [-0.3, -0.25) is 4.90 Å². The van der Waals surface area contributed by atoms with Gasteiger partial charge in [-0.05, 0) is 12.6 Å². The van der Waals surface area contributed by atoms with E-state index in [0.717, 1.165) is 32.3 Å². The molecule has 0 spiro atoms. The highest BCUT2D eigenvalue weighted by Gasteiger charge is 2.18. The highest BCUT2D eigenvalue weighted by molar-refractivity contribution is 5.18. The summed E-state index contributed by atoms with van der Waals surface area (Å²) in [7, 11) is 0. The molecule has 1 aliphatic rings. The predicted molar refractivity (Wildman–Crippen MR) is 69.9 cm³/mol. The third-order valence-electron chi connectivity index (χ3n) is 3.37. The average Bonchev–Trinajstić information content (AvgIpc) is 2.41. The standard InChI is InChI=1S/C14H20F2N2O/c1-2-18-5-6-19-13(10-18)9-17-8-11-3-4-12(15)7-14(11)16/h3-4,7,13,17H,2,5-6,8-10H2,1H3. The van der Waals surface area contributed by atoms with E-state index in [1.165, 1.54) is 12.1 Å². The van der Waals surface area contributed by atoms with Gasteiger partial charge in [0, 0.05) is 37.8 Å². The number of nitrogens with zero attached hydrogens (tertiary/aromatic N) is 1. The molecule has 0 aliphatic carbocycles. The molecule has 1 aromatic carbocycles. The second kappa shape index (κ2) is 6.93. The monoisotopic (exact) mass is 270 g/mol. The van der Waals surface area contributed by atoms with E-state index in [1.54, 1.807) is 0 Å². The summed E-state index contributed by atoms with van der Waals surface area (Å²) >= 11 is 0. The quantitative estimate of drug-likeness (QED) is 0.882. The molecule has 0 amide bonds. The third kappa shape index (κ3) is 4.23. The number of halogens is 2. The average molecular weight is 270 g/mol. The van der Waals surface area contributed by atoms with Gasteiger partial charge in [0.15, 0.2) is 0 Å². The topological polar surface area (TPSA) is 24.5 Å². The Labute approximate surface area is 112 Å². The first-order valence-electron chi connectivity index (χ1n) is 6.67. The van der Waals surface area contributed by atoms with Crippen LogP contribution in [0.4, 0.5) is 8.78 Å². The molecular formula is C14H20F2N2O. The Balaban J connectivity index is 1.76. The lowest BCUT2D eigenvalue weighted by Gasteiger charge is -2.32. The Morgan fingerprint density at radius 2 is 2.26 bits per heavy atom. The van der Waals surface area contributed by atoms with Crippen LogP contribution in [0, 0.1) is 11.6 Å². The molecule has 5 heteroatoms. The fourth-order valence-corrected chi connectivity index (χ4v) is 2.22. The van der Waals surface area contributed by atoms with E-state index in [9.17, 15) is 8.78 Å². The normalized spacial score (nSPS) is 20.7. The maximum absolute atomic E-state index is 13.4. The summed E-state index contributed by atoms with van der Waals surface area (Å²) in [5, 5.41) is 3.16. The number of nitrogens with one attached hydrogen (secondary N) is 1. The molecule has 1 saturated heterocycles. The van der Waals surface area contributed by atoms with Crippen molar-refractivity contribution in [2.24, 2.45) is 0 Å². The smallest absolute Gasteiger partial charge is 0.130 e. The van der Waals surface area contributed by atoms with Crippen molar-refractivity contribution < 1.29 is 13.5 Å². The van der Waals surface area contributed by atoms with Crippen LogP contribution in [0.5, 0.6) is 0 Å². The van der Waals surface area contributed by atoms with Gasteiger partial charge < -0.3 is 10.1 Å². The SMILES string of the molecule is CCN1CCOC(CNCc2ccc(F)cc2F)C1. The molecule has 0 bridgehead atoms. The number of morpholine rings is 1. The van der Waals surface area contributed by atoms with Crippen molar-refractivity contribution in [2.75, 3.05) is 32.8 Å². The fraction of sp³-hybridized carbons (Fsp3) is 0.571. The Morgan fingerprint density at radius 3 is 3.00 bits per heavy atom. The maximum Gasteiger partial charge on any atom is 0.130 e. The van der Waals surface area contributed by atoms with Crippen LogP contribution in [-0.2, 0) is 11.3 Å². The molecular weight excluding hydrogens is 250 g/mol. The number of hydrogen-bond donors (Lipinski definition) is 1. The number of hydrogen-bond acceptors (Lipinski definition) is 3. The zero-order valence-corrected chi connectivity index (χ0v) is 11.2. The van der Waals surface area contributed by atoms with E-state index in [4.69, 9.17) is 4.74 Å². The van der Waals surface area contributed by atoms with Gasteiger partial charge in [-0.25, -0.2) is 8.78 Å². The molecule has 1 fully saturated rings. The molecule has 1 unspecified atom stereocenters. The lowest BCUT2D eigenvalue weighted by Crippen LogP contribution is -2.46. The van der Waals surface area contributed by atoms with Crippen LogP contribution in [0.25, 0.3) is 0 Å². The summed E-state index contributed by atoms with van der Waals surface area (Å²) in [6.45, 7) is 6.82. The van der Waals surface area contributed by atoms with Gasteiger partial charge in [0.25, 0.3) is 0 Å². The largest absolute Gasteiger partial charge is 0.374 e. The molecule has 0 saturated carbocycles. The minimum absolute atomic E-state index is 0.136. The molecule has 19 heavy (non-hydrogen) atoms. The van der Waals surface area contributed by atoms with Crippen LogP contribution in [0.1, 0.15) is 12.5 Å². The Bertz CT molecular complexity index is 414. The second-order valence-corrected chi connectivity index (χ2v) is 4.75. The minimum Gasteiger partial charge on any atom is -0.374 e. The summed E-state index contributed by atoms with van der Waals surface area (Å²) in [6.07, 6.45) is 0.136. The zero-order chi connectivity index (χ0) is 13.7. The van der Waals surface area contributed by atoms with Crippen LogP contribution in [-0.4, -0.2) is 43.8 Å². The van der Waals surface area contributed by atoms with Crippen LogP contribution in [0.3, 0.4) is 0 Å². The van der Waals surface area contributed by atoms with Gasteiger partial charge >= 0.3 is 0 Å². The van der Waals surface area contributed by atoms with Gasteiger partial charge in [0.05, 0.1) is 12.7 Å². The molecule has 0 radical (unpaired) electrons. The first-order chi connectivity index (χ1) is 9.19. The fourth-order valence-electron chi connectivity index (χ4n) is 2.22. The zero-order valence-electron chi connectivity index (χ0n) is 11.2. The summed E-state index contributed by atoms with van der Waals surface area (Å²) in [5.74, 6) is -1.05. The van der Waals surface area contributed by atoms with Gasteiger partial charge in [-0.15, -0.1) is 0 Å². The molecule has 1 heterocycles. The summed E-state index contributed by atoms with van der Waals surface area (Å²) in [5.41, 5.74) is 0.476. The Kier molecular flexibility index (Phi) is 5.24. The molecule has 1 atom stereocenters. The Hall–Kier alpha value is -1.04. The summed E-state index contributed by atoms with van der Waals surface area (Å²) in [6, 6.07) is 3.65. The number of rotatable bonds is 5. The van der Waals surface area contributed by atoms with Crippen molar-refractivity contribution in [1.82, 2.24) is 10.2 Å². The molecule has 1 N–H and O–H groups in total. The Morgan fingerprint density at radius 1 is 1.42 bits per heavy atom. The lowest BCUT2D eigenvalue weighted by atomic mass is 10.2. The van der Waals surface area contributed by atoms with E-state index in [2.05, 4.69) is 17.1 Å². The molecule has 3 nitrogen and oxygen atoms in total. The molecule has 2 rings (SSSR count). The maximum atomic E-state index is 13.4. The first kappa shape index (κ1) is 14.4. The van der Waals surface area contributed by atoms with Crippen molar-refractivity contribution in [3.05, 3.63) is 35.4 Å². The molecule has 1 aromatic rings. The molecule has 1 aliphatic heterocycles. The number of benzene rings is 1. The highest BCUT2D eigenvalue weighted by Crippen LogP contribution is 2.09. The van der Waals surface area contributed by atoms with Crippen LogP contribution in [0.2, 0.25) is 0 Å². The van der Waals surface area contributed by atoms with Crippen molar-refractivity contribution >= 4 is 0 Å². The van der Waals surface area contributed by atoms with Gasteiger partial charge in [0.1, 0.15) is 11.6 Å². The third-order valence-corrected chi connectivity index (χ3v) is 3.37. The van der Waals surface area contributed by atoms with Gasteiger partial charge in [-0.1, -0.05) is 13.0 Å². The van der Waals surface area contributed by atoms with Crippen LogP contribution >= 0.6 is 0 Å². The van der Waals surface area contributed by atoms with E-state index >= 15 is 0 Å². The number of ether oxygens (including phenoxy) is 1. The lowest BCUT2D eigenvalue weighted by molar-refractivity contribution is -0.0254. The van der Waals surface area contributed by atoms with Crippen LogP contribution < -0.4 is 5.32 Å². The van der Waals surface area contributed by atoms with Crippen LogP contribution in [0.15, 0.2) is 18.2 Å². The van der Waals surface area contributed by atoms with E-state index in [-0.39, 0.29) is 6.10 Å². The van der Waals surface area contributed by atoms with Crippen molar-refractivity contribution in [3.8, 4) is 0 Å². The van der Waals surface area contributed by atoms with E-state index in [1.807, 2.05) is 0 Å². The van der Waals surface area contributed by atoms with Crippen molar-refractivity contribution in [2.45, 2.75) is 19.6 Å². The van der Waals surface area contributed by atoms with Crippen molar-refractivity contribution in [3.63, 3.8) is 0 Å². The predicted octanol–water partition coefficient (Wildman–Crippen LogP) is 1.78. The van der Waals surface area contributed by atoms with Gasteiger partial charge in [0.2, 0.25) is 0 Å². The second-order valence-electron chi connectivity index (χ2n) is 4.75. The van der Waals surface area contributed by atoms with E-state index < -0.39 is 11.6 Å². The van der Waals surface area contributed by atoms with Crippen molar-refractivity contribution in [1.29, 1.82) is 0 Å².